The van der Waals surface area contributed by atoms with Gasteiger partial charge in [0.25, 0.3) is 0 Å². The summed E-state index contributed by atoms with van der Waals surface area (Å²) in [7, 11) is -2.47. The number of nitrogens with two attached hydrogens (primary N) is 3. The molecule has 0 aliphatic carbocycles. The summed E-state index contributed by atoms with van der Waals surface area (Å²) in [6.45, 7) is 18.0. The molecule has 1 atom stereocenters. The van der Waals surface area contributed by atoms with Gasteiger partial charge in [-0.3, -0.25) is 0 Å². The molecule has 0 aromatic rings. The fraction of sp³-hybridized carbons (Fsp3) is 0.800. The maximum Gasteiger partial charge on any atom is 0.500 e. The molecule has 0 saturated carbocycles. The number of hydrogen-bond acceptors (Lipinski definition) is 6. The quantitative estimate of drug-likeness (QED) is 0.391. The highest BCUT2D eigenvalue weighted by Gasteiger charge is 2.39. The van der Waals surface area contributed by atoms with Gasteiger partial charge in [-0.05, 0) is 47.1 Å². The van der Waals surface area contributed by atoms with Gasteiger partial charge < -0.3 is 30.5 Å². The first-order chi connectivity index (χ1) is 10.6. The lowest BCUT2D eigenvalue weighted by molar-refractivity contribution is 0.0706. The van der Waals surface area contributed by atoms with Crippen molar-refractivity contribution in [2.45, 2.75) is 45.7 Å². The zero-order valence-corrected chi connectivity index (χ0v) is 15.8. The SMILES string of the molecule is C=C.CCO[Si](CCCC(N)CN)(OCC)OCC.[CH2]CN. The number of hydrogen-bond donors (Lipinski definition) is 3. The summed E-state index contributed by atoms with van der Waals surface area (Å²) in [5, 5.41) is 0. The predicted octanol–water partition coefficient (Wildman–Crippen LogP) is 1.68. The molecule has 0 heterocycles. The maximum absolute atomic E-state index is 5.79. The Morgan fingerprint density at radius 1 is 0.955 bits per heavy atom. The van der Waals surface area contributed by atoms with Crippen molar-refractivity contribution in [3.8, 4) is 0 Å². The average molecular weight is 337 g/mol. The lowest BCUT2D eigenvalue weighted by Crippen LogP contribution is -2.46. The van der Waals surface area contributed by atoms with Crippen molar-refractivity contribution in [1.29, 1.82) is 0 Å². The van der Waals surface area contributed by atoms with E-state index in [2.05, 4.69) is 20.1 Å². The molecular formula is C15H38N3O3Si. The van der Waals surface area contributed by atoms with Crippen molar-refractivity contribution >= 4 is 8.80 Å². The minimum Gasteiger partial charge on any atom is -0.374 e. The van der Waals surface area contributed by atoms with Crippen LogP contribution in [0.5, 0.6) is 0 Å². The second-order valence-electron chi connectivity index (χ2n) is 4.16. The summed E-state index contributed by atoms with van der Waals surface area (Å²) in [4.78, 5) is 0. The molecule has 1 unspecified atom stereocenters. The third-order valence-electron chi connectivity index (χ3n) is 2.45. The van der Waals surface area contributed by atoms with E-state index in [0.717, 1.165) is 18.9 Å². The van der Waals surface area contributed by atoms with Crippen molar-refractivity contribution in [2.75, 3.05) is 32.9 Å². The normalized spacial score (nSPS) is 11.8. The minimum absolute atomic E-state index is 0.0616. The predicted molar refractivity (Wildman–Crippen MR) is 97.4 cm³/mol. The highest BCUT2D eigenvalue weighted by atomic mass is 28.4. The highest BCUT2D eigenvalue weighted by Crippen LogP contribution is 2.19. The molecule has 6 nitrogen and oxygen atoms in total. The van der Waals surface area contributed by atoms with E-state index < -0.39 is 8.80 Å². The topological polar surface area (TPSA) is 106 Å². The maximum atomic E-state index is 5.79. The number of rotatable bonds is 11. The molecule has 0 spiro atoms. The van der Waals surface area contributed by atoms with Crippen LogP contribution >= 0.6 is 0 Å². The molecule has 0 aromatic carbocycles. The molecule has 0 aliphatic rings. The van der Waals surface area contributed by atoms with Gasteiger partial charge in [-0.2, -0.15) is 0 Å². The Hall–Kier alpha value is -0.283. The third kappa shape index (κ3) is 16.1. The van der Waals surface area contributed by atoms with Crippen molar-refractivity contribution < 1.29 is 13.3 Å². The van der Waals surface area contributed by atoms with E-state index in [1.54, 1.807) is 0 Å². The first-order valence-electron chi connectivity index (χ1n) is 7.92. The first-order valence-corrected chi connectivity index (χ1v) is 9.85. The van der Waals surface area contributed by atoms with E-state index in [0.29, 0.717) is 32.9 Å². The second kappa shape index (κ2) is 20.7. The van der Waals surface area contributed by atoms with Crippen LogP contribution in [0.25, 0.3) is 0 Å². The fourth-order valence-electron chi connectivity index (χ4n) is 1.70. The molecule has 0 amide bonds. The smallest absolute Gasteiger partial charge is 0.374 e. The Morgan fingerprint density at radius 2 is 1.32 bits per heavy atom. The van der Waals surface area contributed by atoms with E-state index in [9.17, 15) is 0 Å². The van der Waals surface area contributed by atoms with Crippen LogP contribution in [0, 0.1) is 6.92 Å². The zero-order valence-electron chi connectivity index (χ0n) is 14.8. The fourth-order valence-corrected chi connectivity index (χ4v) is 4.34. The molecule has 0 saturated heterocycles. The lowest BCUT2D eigenvalue weighted by atomic mass is 10.2. The van der Waals surface area contributed by atoms with Crippen LogP contribution in [0.3, 0.4) is 0 Å². The van der Waals surface area contributed by atoms with E-state index in [-0.39, 0.29) is 6.04 Å². The molecule has 22 heavy (non-hydrogen) atoms. The van der Waals surface area contributed by atoms with Gasteiger partial charge in [0.1, 0.15) is 0 Å². The Labute approximate surface area is 138 Å². The Bertz CT molecular complexity index is 195. The van der Waals surface area contributed by atoms with Gasteiger partial charge in [-0.1, -0.05) is 0 Å². The first kappa shape index (κ1) is 26.6. The van der Waals surface area contributed by atoms with Crippen molar-refractivity contribution in [3.05, 3.63) is 20.1 Å². The summed E-state index contributed by atoms with van der Waals surface area (Å²) in [5.41, 5.74) is 16.0. The average Bonchev–Trinajstić information content (AvgIpc) is 2.50. The van der Waals surface area contributed by atoms with Crippen LogP contribution in [0.15, 0.2) is 13.2 Å². The van der Waals surface area contributed by atoms with Crippen molar-refractivity contribution in [2.24, 2.45) is 17.2 Å². The molecule has 0 aliphatic heterocycles. The molecule has 0 aromatic heterocycles. The van der Waals surface area contributed by atoms with Gasteiger partial charge in [-0.25, -0.2) is 0 Å². The zero-order chi connectivity index (χ0) is 17.9. The van der Waals surface area contributed by atoms with E-state index in [1.165, 1.54) is 0 Å². The van der Waals surface area contributed by atoms with E-state index in [1.807, 2.05) is 20.8 Å². The monoisotopic (exact) mass is 336 g/mol. The van der Waals surface area contributed by atoms with E-state index >= 15 is 0 Å². The highest BCUT2D eigenvalue weighted by molar-refractivity contribution is 6.60. The van der Waals surface area contributed by atoms with Crippen LogP contribution in [-0.2, 0) is 13.3 Å². The summed E-state index contributed by atoms with van der Waals surface area (Å²) in [6, 6.07) is 0.877. The van der Waals surface area contributed by atoms with Crippen LogP contribution in [0.2, 0.25) is 6.04 Å². The molecule has 7 heteroatoms. The molecule has 0 fully saturated rings. The summed E-state index contributed by atoms with van der Waals surface area (Å²) in [5.74, 6) is 0. The molecular weight excluding hydrogens is 298 g/mol. The Morgan fingerprint density at radius 3 is 1.59 bits per heavy atom. The van der Waals surface area contributed by atoms with Gasteiger partial charge in [0, 0.05) is 38.5 Å². The van der Waals surface area contributed by atoms with Gasteiger partial charge in [-0.15, -0.1) is 13.2 Å². The van der Waals surface area contributed by atoms with Gasteiger partial charge >= 0.3 is 8.80 Å². The molecule has 0 bridgehead atoms. The Balaban J connectivity index is -0.000000637. The van der Waals surface area contributed by atoms with Gasteiger partial charge in [0.15, 0.2) is 0 Å². The molecule has 6 N–H and O–H groups in total. The summed E-state index contributed by atoms with van der Waals surface area (Å²) >= 11 is 0. The van der Waals surface area contributed by atoms with Gasteiger partial charge in [0.05, 0.1) is 0 Å². The van der Waals surface area contributed by atoms with Crippen LogP contribution in [0.4, 0.5) is 0 Å². The second-order valence-corrected chi connectivity index (χ2v) is 6.89. The van der Waals surface area contributed by atoms with Gasteiger partial charge in [0.2, 0.25) is 0 Å². The Kier molecular flexibility index (Phi) is 25.1. The standard InChI is InChI=1S/C11H28N2O3Si.C2H6N.C2H4/c1-4-14-17(15-5-2,16-6-3)9-7-8-11(13)10-12;1-2-3;1-2/h11H,4-10,12-13H2,1-3H3;1-3H2;1-2H2. The van der Waals surface area contributed by atoms with E-state index in [4.69, 9.17) is 30.5 Å². The van der Waals surface area contributed by atoms with Crippen molar-refractivity contribution in [3.63, 3.8) is 0 Å². The third-order valence-corrected chi connectivity index (χ3v) is 5.60. The lowest BCUT2D eigenvalue weighted by Gasteiger charge is -2.28. The van der Waals surface area contributed by atoms with Crippen LogP contribution < -0.4 is 17.2 Å². The van der Waals surface area contributed by atoms with Crippen LogP contribution in [-0.4, -0.2) is 47.8 Å². The molecule has 0 rings (SSSR count). The van der Waals surface area contributed by atoms with Crippen LogP contribution in [0.1, 0.15) is 33.6 Å². The molecule has 135 valence electrons. The minimum atomic E-state index is -2.47. The van der Waals surface area contributed by atoms with Crippen molar-refractivity contribution in [1.82, 2.24) is 0 Å². The largest absolute Gasteiger partial charge is 0.500 e. The molecule has 1 radical (unpaired) electrons. The summed E-state index contributed by atoms with van der Waals surface area (Å²) < 4.78 is 17.2. The summed E-state index contributed by atoms with van der Waals surface area (Å²) in [6.07, 6.45) is 1.82.